The number of aryl methyl sites for hydroxylation is 1. The molecule has 4 heteroatoms. The van der Waals surface area contributed by atoms with Crippen LogP contribution in [0.1, 0.15) is 26.4 Å². The second kappa shape index (κ2) is 8.07. The van der Waals surface area contributed by atoms with E-state index in [1.54, 1.807) is 34.9 Å². The average Bonchev–Trinajstić information content (AvgIpc) is 2.76. The number of carbonyl (C=O) groups excluding carboxylic acids is 2. The summed E-state index contributed by atoms with van der Waals surface area (Å²) in [7, 11) is 0. The number of esters is 1. The molecule has 4 rings (SSSR count). The van der Waals surface area contributed by atoms with Gasteiger partial charge in [0, 0.05) is 23.1 Å². The van der Waals surface area contributed by atoms with Gasteiger partial charge >= 0.3 is 5.97 Å². The molecule has 0 aliphatic carbocycles. The van der Waals surface area contributed by atoms with Gasteiger partial charge in [-0.3, -0.25) is 4.79 Å². The molecule has 142 valence electrons. The number of ether oxygens (including phenoxy) is 1. The van der Waals surface area contributed by atoms with Crippen molar-refractivity contribution in [1.82, 2.24) is 0 Å². The summed E-state index contributed by atoms with van der Waals surface area (Å²) >= 11 is 0. The van der Waals surface area contributed by atoms with Gasteiger partial charge in [0.05, 0.1) is 0 Å². The molecule has 0 unspecified atom stereocenters. The fourth-order valence-corrected chi connectivity index (χ4v) is 3.24. The van der Waals surface area contributed by atoms with Gasteiger partial charge < -0.3 is 4.74 Å². The fraction of sp³-hybridized carbons (Fsp3) is 0.0800. The summed E-state index contributed by atoms with van der Waals surface area (Å²) in [4.78, 5) is 25.8. The summed E-state index contributed by atoms with van der Waals surface area (Å²) in [5.41, 5.74) is 2.81. The Morgan fingerprint density at radius 2 is 1.48 bits per heavy atom. The second-order valence-electron chi connectivity index (χ2n) is 6.86. The minimum absolute atomic E-state index is 0.0453. The number of carbonyl (C=O) groups is 2. The molecule has 29 heavy (non-hydrogen) atoms. The Kier molecular flexibility index (Phi) is 5.16. The van der Waals surface area contributed by atoms with Crippen molar-refractivity contribution >= 4 is 22.7 Å². The lowest BCUT2D eigenvalue weighted by Gasteiger charge is -2.08. The molecule has 1 aromatic heterocycles. The van der Waals surface area contributed by atoms with E-state index in [1.165, 1.54) is 0 Å². The smallest absolute Gasteiger partial charge is 0.409 e. The maximum atomic E-state index is 12.9. The molecular formula is C25H20NO3+. The first kappa shape index (κ1) is 18.6. The van der Waals surface area contributed by atoms with E-state index in [4.69, 9.17) is 4.74 Å². The predicted octanol–water partition coefficient (Wildman–Crippen LogP) is 4.54. The summed E-state index contributed by atoms with van der Waals surface area (Å²) in [6, 6.07) is 27.6. The first-order valence-corrected chi connectivity index (χ1v) is 9.40. The topological polar surface area (TPSA) is 47.2 Å². The highest BCUT2D eigenvalue weighted by Gasteiger charge is 2.26. The van der Waals surface area contributed by atoms with E-state index in [0.717, 1.165) is 16.5 Å². The van der Waals surface area contributed by atoms with Crippen molar-refractivity contribution in [2.75, 3.05) is 0 Å². The van der Waals surface area contributed by atoms with Crippen LogP contribution in [0.5, 0.6) is 5.75 Å². The van der Waals surface area contributed by atoms with Crippen LogP contribution >= 0.6 is 0 Å². The number of ketones is 1. The second-order valence-corrected chi connectivity index (χ2v) is 6.86. The zero-order valence-electron chi connectivity index (χ0n) is 16.0. The summed E-state index contributed by atoms with van der Waals surface area (Å²) in [5, 5.41) is 0.945. The molecule has 0 saturated carbocycles. The van der Waals surface area contributed by atoms with Crippen molar-refractivity contribution in [3.05, 3.63) is 108 Å². The van der Waals surface area contributed by atoms with Crippen LogP contribution in [0.3, 0.4) is 0 Å². The van der Waals surface area contributed by atoms with Crippen LogP contribution in [0.25, 0.3) is 10.9 Å². The number of hydrogen-bond donors (Lipinski definition) is 0. The number of hydrogen-bond acceptors (Lipinski definition) is 3. The van der Waals surface area contributed by atoms with Gasteiger partial charge in [-0.1, -0.05) is 60.2 Å². The van der Waals surface area contributed by atoms with Crippen molar-refractivity contribution in [2.45, 2.75) is 13.5 Å². The van der Waals surface area contributed by atoms with E-state index in [0.29, 0.717) is 17.0 Å². The molecule has 0 radical (unpaired) electrons. The minimum atomic E-state index is -0.500. The predicted molar refractivity (Wildman–Crippen MR) is 111 cm³/mol. The maximum absolute atomic E-state index is 12.9. The molecule has 3 aromatic carbocycles. The summed E-state index contributed by atoms with van der Waals surface area (Å²) in [6.07, 6.45) is 0. The van der Waals surface area contributed by atoms with Crippen molar-refractivity contribution in [3.8, 4) is 5.75 Å². The van der Waals surface area contributed by atoms with Crippen LogP contribution < -0.4 is 9.30 Å². The Morgan fingerprint density at radius 3 is 2.24 bits per heavy atom. The minimum Gasteiger partial charge on any atom is -0.419 e. The molecule has 1 heterocycles. The molecule has 0 aliphatic rings. The van der Waals surface area contributed by atoms with Crippen LogP contribution in [0.15, 0.2) is 91.0 Å². The summed E-state index contributed by atoms with van der Waals surface area (Å²) in [6.45, 7) is 2.02. The molecule has 4 nitrogen and oxygen atoms in total. The van der Waals surface area contributed by atoms with Crippen molar-refractivity contribution in [2.24, 2.45) is 0 Å². The number of pyridine rings is 1. The fourth-order valence-electron chi connectivity index (χ4n) is 3.24. The zero-order valence-corrected chi connectivity index (χ0v) is 16.0. The number of aromatic nitrogens is 1. The molecule has 0 aliphatic heterocycles. The third kappa shape index (κ3) is 4.06. The SMILES string of the molecule is Cc1ccc(OC(=O)c2ccc3ccccc3[n+]2CC(=O)c2ccccc2)cc1. The molecule has 0 fully saturated rings. The van der Waals surface area contributed by atoms with Gasteiger partial charge in [-0.15, -0.1) is 0 Å². The lowest BCUT2D eigenvalue weighted by atomic mass is 10.1. The van der Waals surface area contributed by atoms with E-state index in [-0.39, 0.29) is 12.3 Å². The van der Waals surface area contributed by atoms with Crippen molar-refractivity contribution in [1.29, 1.82) is 0 Å². The molecule has 0 N–H and O–H groups in total. The summed E-state index contributed by atoms with van der Waals surface area (Å²) < 4.78 is 7.28. The number of para-hydroxylation sites is 1. The Bertz CT molecular complexity index is 1180. The first-order valence-electron chi connectivity index (χ1n) is 9.40. The van der Waals surface area contributed by atoms with E-state index >= 15 is 0 Å². The average molecular weight is 382 g/mol. The Labute approximate surface area is 169 Å². The monoisotopic (exact) mass is 382 g/mol. The highest BCUT2D eigenvalue weighted by Crippen LogP contribution is 2.16. The van der Waals surface area contributed by atoms with Crippen molar-refractivity contribution < 1.29 is 18.9 Å². The highest BCUT2D eigenvalue weighted by molar-refractivity contribution is 5.96. The molecule has 0 atom stereocenters. The van der Waals surface area contributed by atoms with E-state index in [9.17, 15) is 9.59 Å². The third-order valence-corrected chi connectivity index (χ3v) is 4.78. The molecular weight excluding hydrogens is 362 g/mol. The third-order valence-electron chi connectivity index (χ3n) is 4.78. The van der Waals surface area contributed by atoms with Crippen LogP contribution in [-0.2, 0) is 6.54 Å². The summed E-state index contributed by atoms with van der Waals surface area (Å²) in [5.74, 6) is -0.105. The Morgan fingerprint density at radius 1 is 0.793 bits per heavy atom. The van der Waals surface area contributed by atoms with Gasteiger partial charge in [0.25, 0.3) is 5.69 Å². The van der Waals surface area contributed by atoms with Gasteiger partial charge in [0.2, 0.25) is 17.8 Å². The zero-order chi connectivity index (χ0) is 20.2. The van der Waals surface area contributed by atoms with Gasteiger partial charge in [0.15, 0.2) is 0 Å². The van der Waals surface area contributed by atoms with E-state index in [1.807, 2.05) is 67.6 Å². The molecule has 0 amide bonds. The lowest BCUT2D eigenvalue weighted by molar-refractivity contribution is -0.659. The van der Waals surface area contributed by atoms with E-state index in [2.05, 4.69) is 0 Å². The number of nitrogens with zero attached hydrogens (tertiary/aromatic N) is 1. The largest absolute Gasteiger partial charge is 0.419 e. The lowest BCUT2D eigenvalue weighted by Crippen LogP contribution is -2.45. The van der Waals surface area contributed by atoms with Gasteiger partial charge in [-0.05, 0) is 31.2 Å². The van der Waals surface area contributed by atoms with Crippen LogP contribution in [0, 0.1) is 6.92 Å². The number of rotatable bonds is 5. The molecule has 4 aromatic rings. The number of Topliss-reactive ketones (excluding diaryl/α,β-unsaturated/α-hetero) is 1. The number of fused-ring (bicyclic) bond motifs is 1. The van der Waals surface area contributed by atoms with Gasteiger partial charge in [0.1, 0.15) is 5.75 Å². The maximum Gasteiger partial charge on any atom is 0.409 e. The Hall–Kier alpha value is -3.79. The standard InChI is InChI=1S/C25H20NO3/c1-18-11-14-21(15-12-18)29-25(28)23-16-13-19-7-5-6-10-22(19)26(23)17-24(27)20-8-3-2-4-9-20/h2-16H,17H2,1H3/q+1. The molecule has 0 spiro atoms. The van der Waals surface area contributed by atoms with Gasteiger partial charge in [-0.2, -0.15) is 4.57 Å². The van der Waals surface area contributed by atoms with Gasteiger partial charge in [-0.25, -0.2) is 4.79 Å². The molecule has 0 bridgehead atoms. The van der Waals surface area contributed by atoms with Crippen LogP contribution in [0.4, 0.5) is 0 Å². The Balaban J connectivity index is 1.73. The molecule has 0 saturated heterocycles. The van der Waals surface area contributed by atoms with Crippen molar-refractivity contribution in [3.63, 3.8) is 0 Å². The normalized spacial score (nSPS) is 10.7. The first-order chi connectivity index (χ1) is 14.1. The van der Waals surface area contributed by atoms with Crippen LogP contribution in [-0.4, -0.2) is 11.8 Å². The highest BCUT2D eigenvalue weighted by atomic mass is 16.5. The van der Waals surface area contributed by atoms with Crippen LogP contribution in [0.2, 0.25) is 0 Å². The quantitative estimate of drug-likeness (QED) is 0.220. The van der Waals surface area contributed by atoms with E-state index < -0.39 is 5.97 Å². The number of benzene rings is 3.